The van der Waals surface area contributed by atoms with Gasteiger partial charge in [0.05, 0.1) is 21.9 Å². The van der Waals surface area contributed by atoms with Crippen LogP contribution in [0.4, 0.5) is 17.3 Å². The molecular weight excluding hydrogens is 505 g/mol. The summed E-state index contributed by atoms with van der Waals surface area (Å²) < 4.78 is 0. The molecule has 2 aromatic carbocycles. The predicted molar refractivity (Wildman–Crippen MR) is 152 cm³/mol. The molecule has 0 atom stereocenters. The number of nitrogens with zero attached hydrogens (tertiary/aromatic N) is 6. The van der Waals surface area contributed by atoms with Crippen molar-refractivity contribution in [1.82, 2.24) is 24.8 Å². The van der Waals surface area contributed by atoms with Gasteiger partial charge < -0.3 is 15.1 Å². The summed E-state index contributed by atoms with van der Waals surface area (Å²) in [7, 11) is 2.17. The third kappa shape index (κ3) is 4.55. The van der Waals surface area contributed by atoms with Crippen LogP contribution in [0, 0.1) is 6.92 Å². The first kappa shape index (κ1) is 23.9. The van der Waals surface area contributed by atoms with Crippen LogP contribution in [-0.4, -0.2) is 58.1 Å². The normalized spacial score (nSPS) is 14.4. The number of fused-ring (bicyclic) bond motifs is 3. The molecule has 6 rings (SSSR count). The first-order valence-electron chi connectivity index (χ1n) is 12.1. The van der Waals surface area contributed by atoms with Crippen LogP contribution in [-0.2, 0) is 0 Å². The molecule has 3 aromatic heterocycles. The van der Waals surface area contributed by atoms with E-state index in [1.807, 2.05) is 24.3 Å². The molecule has 7 nitrogen and oxygen atoms in total. The number of hydrogen-bond acceptors (Lipinski definition) is 7. The molecule has 4 heterocycles. The lowest BCUT2D eigenvalue weighted by molar-refractivity contribution is 0.312. The molecule has 0 aliphatic carbocycles. The number of aromatic nitrogens is 4. The summed E-state index contributed by atoms with van der Waals surface area (Å²) >= 11 is 13.0. The molecule has 0 spiro atoms. The zero-order valence-corrected chi connectivity index (χ0v) is 22.1. The van der Waals surface area contributed by atoms with Crippen molar-refractivity contribution in [3.05, 3.63) is 76.7 Å². The van der Waals surface area contributed by atoms with Gasteiger partial charge in [-0.1, -0.05) is 29.3 Å². The zero-order valence-electron chi connectivity index (χ0n) is 20.5. The van der Waals surface area contributed by atoms with Gasteiger partial charge >= 0.3 is 0 Å². The van der Waals surface area contributed by atoms with E-state index < -0.39 is 0 Å². The van der Waals surface area contributed by atoms with Gasteiger partial charge in [0.2, 0.25) is 5.95 Å². The molecule has 0 saturated carbocycles. The molecule has 0 amide bonds. The fourth-order valence-electron chi connectivity index (χ4n) is 4.87. The molecule has 1 N–H and O–H groups in total. The number of benzene rings is 2. The van der Waals surface area contributed by atoms with Crippen LogP contribution in [0.2, 0.25) is 10.0 Å². The molecule has 9 heteroatoms. The number of likely N-dealkylation sites (N-methyl/N-ethyl adjacent to an activating group) is 1. The van der Waals surface area contributed by atoms with Crippen molar-refractivity contribution in [2.45, 2.75) is 6.92 Å². The number of halogens is 2. The minimum absolute atomic E-state index is 0.495. The van der Waals surface area contributed by atoms with Crippen LogP contribution >= 0.6 is 23.2 Å². The lowest BCUT2D eigenvalue weighted by Gasteiger charge is -2.35. The van der Waals surface area contributed by atoms with E-state index >= 15 is 0 Å². The first-order valence-corrected chi connectivity index (χ1v) is 12.9. The molecule has 1 fully saturated rings. The largest absolute Gasteiger partial charge is 0.369 e. The van der Waals surface area contributed by atoms with Crippen molar-refractivity contribution in [1.29, 1.82) is 0 Å². The highest BCUT2D eigenvalue weighted by molar-refractivity contribution is 6.39. The molecule has 1 aliphatic rings. The Morgan fingerprint density at radius 1 is 0.892 bits per heavy atom. The average Bonchev–Trinajstić information content (AvgIpc) is 2.90. The van der Waals surface area contributed by atoms with E-state index in [0.29, 0.717) is 38.3 Å². The Morgan fingerprint density at radius 3 is 2.43 bits per heavy atom. The van der Waals surface area contributed by atoms with Crippen LogP contribution in [0.25, 0.3) is 33.1 Å². The van der Waals surface area contributed by atoms with Gasteiger partial charge in [0.15, 0.2) is 0 Å². The number of piperazine rings is 1. The van der Waals surface area contributed by atoms with Crippen molar-refractivity contribution in [2.75, 3.05) is 43.4 Å². The van der Waals surface area contributed by atoms with Crippen molar-refractivity contribution in [3.63, 3.8) is 0 Å². The molecule has 37 heavy (non-hydrogen) atoms. The zero-order chi connectivity index (χ0) is 25.5. The Balaban J connectivity index is 1.37. The van der Waals surface area contributed by atoms with E-state index in [1.54, 1.807) is 18.6 Å². The second-order valence-electron chi connectivity index (χ2n) is 9.32. The SMILES string of the molecule is Cc1cc(Nc2ncc3nc(-c4c(Cl)cccc4Cl)c4ccncc4c3n2)ccc1N1CCN(C)CC1. The van der Waals surface area contributed by atoms with Crippen LogP contribution in [0.1, 0.15) is 5.56 Å². The third-order valence-corrected chi connectivity index (χ3v) is 7.46. The summed E-state index contributed by atoms with van der Waals surface area (Å²) in [6.07, 6.45) is 5.24. The molecular formula is C28H25Cl2N7. The molecule has 0 bridgehead atoms. The minimum Gasteiger partial charge on any atom is -0.369 e. The number of pyridine rings is 2. The maximum Gasteiger partial charge on any atom is 0.227 e. The van der Waals surface area contributed by atoms with E-state index in [2.05, 4.69) is 57.3 Å². The Morgan fingerprint density at radius 2 is 1.68 bits per heavy atom. The van der Waals surface area contributed by atoms with E-state index in [4.69, 9.17) is 33.2 Å². The Hall–Kier alpha value is -3.52. The monoisotopic (exact) mass is 529 g/mol. The Kier molecular flexibility index (Phi) is 6.28. The predicted octanol–water partition coefficient (Wildman–Crippen LogP) is 6.35. The van der Waals surface area contributed by atoms with Crippen LogP contribution in [0.3, 0.4) is 0 Å². The summed E-state index contributed by atoms with van der Waals surface area (Å²) in [6, 6.07) is 13.7. The first-order chi connectivity index (χ1) is 18.0. The smallest absolute Gasteiger partial charge is 0.227 e. The van der Waals surface area contributed by atoms with E-state index in [-0.39, 0.29) is 0 Å². The van der Waals surface area contributed by atoms with Crippen molar-refractivity contribution >= 4 is 62.3 Å². The number of hydrogen-bond donors (Lipinski definition) is 1. The Bertz CT molecular complexity index is 1610. The fraction of sp³-hybridized carbons (Fsp3) is 0.214. The molecule has 0 radical (unpaired) electrons. The topological polar surface area (TPSA) is 70.1 Å². The summed E-state index contributed by atoms with van der Waals surface area (Å²) in [6.45, 7) is 6.36. The maximum absolute atomic E-state index is 6.52. The average molecular weight is 530 g/mol. The van der Waals surface area contributed by atoms with Gasteiger partial charge in [-0.3, -0.25) is 4.98 Å². The molecule has 186 valence electrons. The van der Waals surface area contributed by atoms with Crippen LogP contribution < -0.4 is 10.2 Å². The third-order valence-electron chi connectivity index (χ3n) is 6.83. The molecule has 1 aliphatic heterocycles. The summed E-state index contributed by atoms with van der Waals surface area (Å²) in [5.74, 6) is 0.495. The number of anilines is 3. The van der Waals surface area contributed by atoms with Gasteiger partial charge in [0, 0.05) is 66.3 Å². The van der Waals surface area contributed by atoms with E-state index in [1.165, 1.54) is 11.3 Å². The lowest BCUT2D eigenvalue weighted by atomic mass is 10.0. The van der Waals surface area contributed by atoms with E-state index in [9.17, 15) is 0 Å². The molecule has 1 saturated heterocycles. The van der Waals surface area contributed by atoms with E-state index in [0.717, 1.165) is 42.6 Å². The van der Waals surface area contributed by atoms with Gasteiger partial charge in [0.25, 0.3) is 0 Å². The number of nitrogens with one attached hydrogen (secondary N) is 1. The van der Waals surface area contributed by atoms with Gasteiger partial charge in [-0.05, 0) is 55.9 Å². The second-order valence-corrected chi connectivity index (χ2v) is 10.1. The van der Waals surface area contributed by atoms with Gasteiger partial charge in [-0.2, -0.15) is 0 Å². The van der Waals surface area contributed by atoms with Crippen molar-refractivity contribution < 1.29 is 0 Å². The highest BCUT2D eigenvalue weighted by atomic mass is 35.5. The minimum atomic E-state index is 0.495. The lowest BCUT2D eigenvalue weighted by Crippen LogP contribution is -2.44. The fourth-order valence-corrected chi connectivity index (χ4v) is 5.44. The summed E-state index contributed by atoms with van der Waals surface area (Å²) in [5.41, 5.74) is 6.13. The maximum atomic E-state index is 6.52. The Labute approximate surface area is 225 Å². The summed E-state index contributed by atoms with van der Waals surface area (Å²) in [5, 5.41) is 6.15. The molecule has 5 aromatic rings. The quantitative estimate of drug-likeness (QED) is 0.272. The van der Waals surface area contributed by atoms with Gasteiger partial charge in [-0.15, -0.1) is 0 Å². The number of rotatable bonds is 4. The second kappa shape index (κ2) is 9.74. The highest BCUT2D eigenvalue weighted by Crippen LogP contribution is 2.39. The van der Waals surface area contributed by atoms with Crippen LogP contribution in [0.15, 0.2) is 61.1 Å². The summed E-state index contributed by atoms with van der Waals surface area (Å²) in [4.78, 5) is 23.4. The standard InChI is InChI=1S/C28H25Cl2N7/c1-17-14-18(6-7-24(17)37-12-10-36(2)11-13-37)33-28-32-16-23-26(35-28)20-15-31-9-8-19(20)27(34-23)25-21(29)4-3-5-22(25)30/h3-9,14-16H,10-13H2,1-2H3,(H,32,33,35). The molecule has 0 unspecified atom stereocenters. The number of aryl methyl sites for hydroxylation is 1. The van der Waals surface area contributed by atoms with Crippen LogP contribution in [0.5, 0.6) is 0 Å². The van der Waals surface area contributed by atoms with Gasteiger partial charge in [-0.25, -0.2) is 15.0 Å². The van der Waals surface area contributed by atoms with Gasteiger partial charge in [0.1, 0.15) is 11.0 Å². The van der Waals surface area contributed by atoms with Crippen molar-refractivity contribution in [3.8, 4) is 11.3 Å². The highest BCUT2D eigenvalue weighted by Gasteiger charge is 2.18. The van der Waals surface area contributed by atoms with Crippen molar-refractivity contribution in [2.24, 2.45) is 0 Å².